The zero-order valence-corrected chi connectivity index (χ0v) is 11.8. The zero-order chi connectivity index (χ0) is 13.2. The van der Waals surface area contributed by atoms with E-state index in [1.54, 1.807) is 0 Å². The number of hydrogen-bond donors (Lipinski definition) is 1. The van der Waals surface area contributed by atoms with Gasteiger partial charge in [-0.25, -0.2) is 0 Å². The quantitative estimate of drug-likeness (QED) is 0.532. The van der Waals surface area contributed by atoms with Crippen molar-refractivity contribution in [1.29, 1.82) is 0 Å². The number of benzene rings is 1. The van der Waals surface area contributed by atoms with Gasteiger partial charge in [-0.3, -0.25) is 0 Å². The van der Waals surface area contributed by atoms with Crippen LogP contribution in [0.25, 0.3) is 0 Å². The second kappa shape index (κ2) is 8.90. The van der Waals surface area contributed by atoms with Gasteiger partial charge in [-0.05, 0) is 44.1 Å². The van der Waals surface area contributed by atoms with Crippen molar-refractivity contribution < 1.29 is 0 Å². The monoisotopic (exact) mass is 246 g/mol. The Morgan fingerprint density at radius 3 is 2.67 bits per heavy atom. The summed E-state index contributed by atoms with van der Waals surface area (Å²) in [7, 11) is 2.19. The lowest BCUT2D eigenvalue weighted by atomic mass is 10.1. The standard InChI is InChI=1S/C16H26N2/c1-4-6-9-12-18(3)14-16-11-8-7-10-15(16)13-17-5-2/h4,7-8,10-11,17H,1,5-6,9,12-14H2,2-3H3. The normalized spacial score (nSPS) is 10.8. The maximum Gasteiger partial charge on any atom is 0.0233 e. The SMILES string of the molecule is C=CCCCN(C)Cc1ccccc1CNCC. The van der Waals surface area contributed by atoms with Crippen LogP contribution in [-0.2, 0) is 13.1 Å². The highest BCUT2D eigenvalue weighted by Crippen LogP contribution is 2.11. The molecule has 0 fully saturated rings. The molecule has 0 amide bonds. The lowest BCUT2D eigenvalue weighted by Gasteiger charge is -2.18. The minimum Gasteiger partial charge on any atom is -0.313 e. The molecule has 0 unspecified atom stereocenters. The van der Waals surface area contributed by atoms with E-state index in [0.29, 0.717) is 0 Å². The maximum atomic E-state index is 3.76. The molecule has 0 spiro atoms. The van der Waals surface area contributed by atoms with E-state index in [1.807, 2.05) is 6.08 Å². The Balaban J connectivity index is 2.51. The second-order valence-corrected chi connectivity index (χ2v) is 4.72. The molecule has 2 heteroatoms. The Labute approximate surface area is 112 Å². The van der Waals surface area contributed by atoms with E-state index in [2.05, 4.69) is 55.0 Å². The van der Waals surface area contributed by atoms with Gasteiger partial charge in [0.2, 0.25) is 0 Å². The fraction of sp³-hybridized carbons (Fsp3) is 0.500. The summed E-state index contributed by atoms with van der Waals surface area (Å²) in [6.07, 6.45) is 4.28. The molecule has 2 nitrogen and oxygen atoms in total. The summed E-state index contributed by atoms with van der Waals surface area (Å²) in [5, 5.41) is 3.40. The molecular formula is C16H26N2. The van der Waals surface area contributed by atoms with Crippen LogP contribution in [0.15, 0.2) is 36.9 Å². The van der Waals surface area contributed by atoms with Crippen molar-refractivity contribution in [3.8, 4) is 0 Å². The summed E-state index contributed by atoms with van der Waals surface area (Å²) < 4.78 is 0. The van der Waals surface area contributed by atoms with Gasteiger partial charge in [0.1, 0.15) is 0 Å². The molecule has 0 aliphatic rings. The summed E-state index contributed by atoms with van der Waals surface area (Å²) in [5.41, 5.74) is 2.84. The molecule has 0 aliphatic heterocycles. The van der Waals surface area contributed by atoms with Gasteiger partial charge in [0, 0.05) is 13.1 Å². The van der Waals surface area contributed by atoms with Gasteiger partial charge in [-0.2, -0.15) is 0 Å². The Bertz CT molecular complexity index is 347. The van der Waals surface area contributed by atoms with Crippen molar-refractivity contribution in [2.24, 2.45) is 0 Å². The number of nitrogens with one attached hydrogen (secondary N) is 1. The third-order valence-electron chi connectivity index (χ3n) is 3.07. The Kier molecular flexibility index (Phi) is 7.38. The number of unbranched alkanes of at least 4 members (excludes halogenated alkanes) is 1. The topological polar surface area (TPSA) is 15.3 Å². The fourth-order valence-corrected chi connectivity index (χ4v) is 2.02. The van der Waals surface area contributed by atoms with Crippen molar-refractivity contribution in [3.63, 3.8) is 0 Å². The average Bonchev–Trinajstić information content (AvgIpc) is 2.38. The molecule has 1 N–H and O–H groups in total. The van der Waals surface area contributed by atoms with E-state index in [0.717, 1.165) is 32.6 Å². The van der Waals surface area contributed by atoms with E-state index < -0.39 is 0 Å². The van der Waals surface area contributed by atoms with Gasteiger partial charge in [-0.1, -0.05) is 37.3 Å². The zero-order valence-electron chi connectivity index (χ0n) is 11.8. The summed E-state index contributed by atoms with van der Waals surface area (Å²) in [5.74, 6) is 0. The molecule has 1 aromatic rings. The smallest absolute Gasteiger partial charge is 0.0233 e. The molecule has 0 radical (unpaired) electrons. The highest BCUT2D eigenvalue weighted by atomic mass is 15.1. The van der Waals surface area contributed by atoms with Crippen LogP contribution in [0, 0.1) is 0 Å². The Morgan fingerprint density at radius 2 is 2.00 bits per heavy atom. The number of allylic oxidation sites excluding steroid dienone is 1. The Morgan fingerprint density at radius 1 is 1.28 bits per heavy atom. The minimum absolute atomic E-state index is 0.965. The molecule has 0 saturated heterocycles. The lowest BCUT2D eigenvalue weighted by molar-refractivity contribution is 0.322. The van der Waals surface area contributed by atoms with Crippen LogP contribution in [0.1, 0.15) is 30.9 Å². The second-order valence-electron chi connectivity index (χ2n) is 4.72. The molecule has 0 bridgehead atoms. The minimum atomic E-state index is 0.965. The van der Waals surface area contributed by atoms with Gasteiger partial charge < -0.3 is 10.2 Å². The van der Waals surface area contributed by atoms with Crippen LogP contribution in [0.3, 0.4) is 0 Å². The Hall–Kier alpha value is -1.12. The first-order valence-electron chi connectivity index (χ1n) is 6.84. The van der Waals surface area contributed by atoms with Gasteiger partial charge in [-0.15, -0.1) is 6.58 Å². The van der Waals surface area contributed by atoms with Gasteiger partial charge in [0.15, 0.2) is 0 Å². The highest BCUT2D eigenvalue weighted by Gasteiger charge is 2.04. The molecule has 0 aromatic heterocycles. The summed E-state index contributed by atoms with van der Waals surface area (Å²) in [6.45, 7) is 10.0. The van der Waals surface area contributed by atoms with E-state index in [1.165, 1.54) is 17.5 Å². The fourth-order valence-electron chi connectivity index (χ4n) is 2.02. The highest BCUT2D eigenvalue weighted by molar-refractivity contribution is 5.26. The molecule has 1 aromatic carbocycles. The predicted molar refractivity (Wildman–Crippen MR) is 79.6 cm³/mol. The van der Waals surface area contributed by atoms with Crippen LogP contribution in [0.5, 0.6) is 0 Å². The van der Waals surface area contributed by atoms with Crippen molar-refractivity contribution in [2.75, 3.05) is 20.1 Å². The largest absolute Gasteiger partial charge is 0.313 e. The number of rotatable bonds is 9. The van der Waals surface area contributed by atoms with Crippen molar-refractivity contribution in [3.05, 3.63) is 48.0 Å². The third-order valence-corrected chi connectivity index (χ3v) is 3.07. The summed E-state index contributed by atoms with van der Waals surface area (Å²) in [4.78, 5) is 2.38. The van der Waals surface area contributed by atoms with Crippen molar-refractivity contribution >= 4 is 0 Å². The van der Waals surface area contributed by atoms with E-state index in [9.17, 15) is 0 Å². The van der Waals surface area contributed by atoms with Gasteiger partial charge in [0.25, 0.3) is 0 Å². The maximum absolute atomic E-state index is 3.76. The van der Waals surface area contributed by atoms with E-state index in [-0.39, 0.29) is 0 Å². The van der Waals surface area contributed by atoms with E-state index in [4.69, 9.17) is 0 Å². The van der Waals surface area contributed by atoms with Gasteiger partial charge in [0.05, 0.1) is 0 Å². The lowest BCUT2D eigenvalue weighted by Crippen LogP contribution is -2.21. The summed E-state index contributed by atoms with van der Waals surface area (Å²) >= 11 is 0. The van der Waals surface area contributed by atoms with Crippen molar-refractivity contribution in [1.82, 2.24) is 10.2 Å². The number of nitrogens with zero attached hydrogens (tertiary/aromatic N) is 1. The molecule has 0 aliphatic carbocycles. The first kappa shape index (κ1) is 14.9. The molecular weight excluding hydrogens is 220 g/mol. The first-order valence-corrected chi connectivity index (χ1v) is 6.84. The molecule has 0 heterocycles. The molecule has 0 saturated carbocycles. The van der Waals surface area contributed by atoms with Crippen LogP contribution < -0.4 is 5.32 Å². The van der Waals surface area contributed by atoms with Crippen LogP contribution in [0.2, 0.25) is 0 Å². The molecule has 18 heavy (non-hydrogen) atoms. The first-order chi connectivity index (χ1) is 8.77. The van der Waals surface area contributed by atoms with Crippen LogP contribution >= 0.6 is 0 Å². The molecule has 100 valence electrons. The van der Waals surface area contributed by atoms with Crippen LogP contribution in [0.4, 0.5) is 0 Å². The van der Waals surface area contributed by atoms with E-state index >= 15 is 0 Å². The van der Waals surface area contributed by atoms with Gasteiger partial charge >= 0.3 is 0 Å². The molecule has 1 rings (SSSR count). The summed E-state index contributed by atoms with van der Waals surface area (Å²) in [6, 6.07) is 8.70. The van der Waals surface area contributed by atoms with Crippen molar-refractivity contribution in [2.45, 2.75) is 32.9 Å². The average molecular weight is 246 g/mol. The predicted octanol–water partition coefficient (Wildman–Crippen LogP) is 3.19. The number of hydrogen-bond acceptors (Lipinski definition) is 2. The third kappa shape index (κ3) is 5.48. The molecule has 0 atom stereocenters. The van der Waals surface area contributed by atoms with Crippen LogP contribution in [-0.4, -0.2) is 25.0 Å².